The van der Waals surface area contributed by atoms with Crippen LogP contribution in [0, 0.1) is 0 Å². The van der Waals surface area contributed by atoms with Crippen molar-refractivity contribution in [3.05, 3.63) is 35.4 Å². The standard InChI is InChI=1S/C14H20O3.2C2H6.CH4/c1-3-9-14(17,10-4-2)12-7-5-11(6-8-12)13(15)16;2*1-2;/h5-8,17H,3-4,9-10H2,1-2H3,(H,15,16);2*1-2H3;1H4. The molecule has 0 spiro atoms. The fraction of sp³-hybridized carbons (Fsp3) is 0.632. The second-order valence-electron chi connectivity index (χ2n) is 4.41. The van der Waals surface area contributed by atoms with Gasteiger partial charge in [-0.3, -0.25) is 0 Å². The molecule has 0 unspecified atom stereocenters. The predicted molar refractivity (Wildman–Crippen MR) is 96.5 cm³/mol. The summed E-state index contributed by atoms with van der Waals surface area (Å²) in [6.45, 7) is 12.1. The molecule has 0 aliphatic heterocycles. The van der Waals surface area contributed by atoms with E-state index in [-0.39, 0.29) is 13.0 Å². The second kappa shape index (κ2) is 14.6. The zero-order valence-electron chi connectivity index (χ0n) is 14.4. The van der Waals surface area contributed by atoms with Crippen LogP contribution in [-0.2, 0) is 5.60 Å². The number of aromatic carboxylic acids is 1. The topological polar surface area (TPSA) is 57.5 Å². The smallest absolute Gasteiger partial charge is 0.335 e. The summed E-state index contributed by atoms with van der Waals surface area (Å²) >= 11 is 0. The van der Waals surface area contributed by atoms with E-state index < -0.39 is 11.6 Å². The second-order valence-corrected chi connectivity index (χ2v) is 4.41. The molecule has 0 aliphatic carbocycles. The number of benzene rings is 1. The minimum Gasteiger partial charge on any atom is -0.478 e. The summed E-state index contributed by atoms with van der Waals surface area (Å²) in [6, 6.07) is 6.53. The van der Waals surface area contributed by atoms with Gasteiger partial charge in [0.25, 0.3) is 0 Å². The molecule has 3 nitrogen and oxygen atoms in total. The maximum absolute atomic E-state index is 10.8. The van der Waals surface area contributed by atoms with Gasteiger partial charge in [-0.15, -0.1) is 0 Å². The van der Waals surface area contributed by atoms with Gasteiger partial charge in [-0.25, -0.2) is 4.79 Å². The van der Waals surface area contributed by atoms with Crippen LogP contribution in [0.25, 0.3) is 0 Å². The number of carbonyl (C=O) groups is 1. The molecule has 0 radical (unpaired) electrons. The lowest BCUT2D eigenvalue weighted by molar-refractivity contribution is 0.0169. The molecule has 0 bridgehead atoms. The van der Waals surface area contributed by atoms with E-state index in [1.165, 1.54) is 0 Å². The van der Waals surface area contributed by atoms with Crippen molar-refractivity contribution < 1.29 is 15.0 Å². The highest BCUT2D eigenvalue weighted by Crippen LogP contribution is 2.31. The summed E-state index contributed by atoms with van der Waals surface area (Å²) in [5.41, 5.74) is 0.246. The van der Waals surface area contributed by atoms with Crippen LogP contribution >= 0.6 is 0 Å². The molecule has 0 fully saturated rings. The Morgan fingerprint density at radius 3 is 1.59 bits per heavy atom. The highest BCUT2D eigenvalue weighted by atomic mass is 16.4. The minimum atomic E-state index is -0.939. The van der Waals surface area contributed by atoms with Gasteiger partial charge in [0.1, 0.15) is 0 Å². The third-order valence-corrected chi connectivity index (χ3v) is 3.00. The SMILES string of the molecule is C.CC.CC.CCCC(O)(CCC)c1ccc(C(=O)O)cc1. The molecular formula is C19H36O3. The third kappa shape index (κ3) is 8.18. The highest BCUT2D eigenvalue weighted by molar-refractivity contribution is 5.87. The van der Waals surface area contributed by atoms with Crippen LogP contribution in [0.2, 0.25) is 0 Å². The van der Waals surface area contributed by atoms with E-state index in [4.69, 9.17) is 5.11 Å². The highest BCUT2D eigenvalue weighted by Gasteiger charge is 2.27. The number of aliphatic hydroxyl groups is 1. The van der Waals surface area contributed by atoms with Gasteiger partial charge in [0.2, 0.25) is 0 Å². The lowest BCUT2D eigenvalue weighted by Crippen LogP contribution is -2.25. The first kappa shape index (κ1) is 25.6. The monoisotopic (exact) mass is 312 g/mol. The summed E-state index contributed by atoms with van der Waals surface area (Å²) in [7, 11) is 0. The first-order valence-corrected chi connectivity index (χ1v) is 8.09. The first-order valence-electron chi connectivity index (χ1n) is 8.09. The van der Waals surface area contributed by atoms with Crippen molar-refractivity contribution in [1.82, 2.24) is 0 Å². The van der Waals surface area contributed by atoms with Crippen molar-refractivity contribution in [3.8, 4) is 0 Å². The number of rotatable bonds is 6. The molecule has 130 valence electrons. The Balaban J connectivity index is -0.000000665. The number of carboxylic acid groups (broad SMARTS) is 1. The average Bonchev–Trinajstić information content (AvgIpc) is 2.52. The predicted octanol–water partition coefficient (Wildman–Crippen LogP) is 5.86. The summed E-state index contributed by atoms with van der Waals surface area (Å²) in [5.74, 6) is -0.939. The fourth-order valence-corrected chi connectivity index (χ4v) is 2.16. The van der Waals surface area contributed by atoms with Gasteiger partial charge in [0.05, 0.1) is 11.2 Å². The summed E-state index contributed by atoms with van der Waals surface area (Å²) in [6.07, 6.45) is 3.20. The van der Waals surface area contributed by atoms with Gasteiger partial charge in [-0.2, -0.15) is 0 Å². The van der Waals surface area contributed by atoms with Crippen LogP contribution in [0.1, 0.15) is 90.6 Å². The maximum Gasteiger partial charge on any atom is 0.335 e. The van der Waals surface area contributed by atoms with Gasteiger partial charge < -0.3 is 10.2 Å². The molecule has 0 heterocycles. The summed E-state index contributed by atoms with van der Waals surface area (Å²) in [4.78, 5) is 10.8. The summed E-state index contributed by atoms with van der Waals surface area (Å²) in [5, 5.41) is 19.4. The van der Waals surface area contributed by atoms with E-state index in [0.29, 0.717) is 12.8 Å². The molecule has 1 aromatic rings. The van der Waals surface area contributed by atoms with Crippen molar-refractivity contribution in [1.29, 1.82) is 0 Å². The molecule has 0 aliphatic rings. The van der Waals surface area contributed by atoms with Crippen LogP contribution < -0.4 is 0 Å². The van der Waals surface area contributed by atoms with E-state index in [1.807, 2.05) is 41.5 Å². The van der Waals surface area contributed by atoms with Gasteiger partial charge in [0, 0.05) is 0 Å². The van der Waals surface area contributed by atoms with E-state index in [2.05, 4.69) is 0 Å². The molecule has 1 aromatic carbocycles. The molecule has 1 rings (SSSR count). The van der Waals surface area contributed by atoms with E-state index in [1.54, 1.807) is 24.3 Å². The van der Waals surface area contributed by atoms with Crippen molar-refractivity contribution in [3.63, 3.8) is 0 Å². The molecule has 0 atom stereocenters. The van der Waals surface area contributed by atoms with Crippen LogP contribution in [0.15, 0.2) is 24.3 Å². The van der Waals surface area contributed by atoms with Crippen molar-refractivity contribution in [2.24, 2.45) is 0 Å². The van der Waals surface area contributed by atoms with Gasteiger partial charge >= 0.3 is 5.97 Å². The van der Waals surface area contributed by atoms with Crippen molar-refractivity contribution >= 4 is 5.97 Å². The normalized spacial score (nSPS) is 9.41. The fourth-order valence-electron chi connectivity index (χ4n) is 2.16. The number of hydrogen-bond donors (Lipinski definition) is 2. The molecule has 3 heteroatoms. The lowest BCUT2D eigenvalue weighted by atomic mass is 9.85. The Kier molecular flexibility index (Phi) is 17.0. The van der Waals surface area contributed by atoms with Crippen molar-refractivity contribution in [2.75, 3.05) is 0 Å². The zero-order valence-corrected chi connectivity index (χ0v) is 14.4. The summed E-state index contributed by atoms with van der Waals surface area (Å²) < 4.78 is 0. The Hall–Kier alpha value is -1.35. The van der Waals surface area contributed by atoms with Crippen LogP contribution in [0.5, 0.6) is 0 Å². The maximum atomic E-state index is 10.8. The largest absolute Gasteiger partial charge is 0.478 e. The van der Waals surface area contributed by atoms with Gasteiger partial charge in [-0.05, 0) is 30.5 Å². The van der Waals surface area contributed by atoms with Crippen LogP contribution in [0.3, 0.4) is 0 Å². The molecular weight excluding hydrogens is 276 g/mol. The van der Waals surface area contributed by atoms with E-state index in [9.17, 15) is 9.90 Å². The molecule has 2 N–H and O–H groups in total. The molecule has 0 amide bonds. The minimum absolute atomic E-state index is 0. The van der Waals surface area contributed by atoms with Gasteiger partial charge in [0.15, 0.2) is 0 Å². The lowest BCUT2D eigenvalue weighted by Gasteiger charge is -2.28. The molecule has 0 saturated carbocycles. The Bertz CT molecular complexity index is 363. The molecule has 0 saturated heterocycles. The Morgan fingerprint density at radius 2 is 1.32 bits per heavy atom. The number of carboxylic acids is 1. The van der Waals surface area contributed by atoms with Crippen molar-refractivity contribution in [2.45, 2.75) is 80.3 Å². The average molecular weight is 312 g/mol. The van der Waals surface area contributed by atoms with E-state index >= 15 is 0 Å². The quantitative estimate of drug-likeness (QED) is 0.691. The number of hydrogen-bond acceptors (Lipinski definition) is 2. The molecule has 22 heavy (non-hydrogen) atoms. The first-order chi connectivity index (χ1) is 10.0. The Morgan fingerprint density at radius 1 is 0.955 bits per heavy atom. The van der Waals surface area contributed by atoms with Crippen LogP contribution in [0.4, 0.5) is 0 Å². The van der Waals surface area contributed by atoms with Crippen LogP contribution in [-0.4, -0.2) is 16.2 Å². The zero-order chi connectivity index (χ0) is 16.9. The van der Waals surface area contributed by atoms with Gasteiger partial charge in [-0.1, -0.05) is 73.9 Å². The third-order valence-electron chi connectivity index (χ3n) is 3.00. The molecule has 0 aromatic heterocycles. The Labute approximate surface area is 137 Å². The van der Waals surface area contributed by atoms with E-state index in [0.717, 1.165) is 18.4 Å².